The van der Waals surface area contributed by atoms with Gasteiger partial charge in [0.15, 0.2) is 5.03 Å². The van der Waals surface area contributed by atoms with Crippen LogP contribution in [-0.4, -0.2) is 24.0 Å². The monoisotopic (exact) mass is 285 g/mol. The second kappa shape index (κ2) is 4.90. The fraction of sp³-hybridized carbons (Fsp3) is 0.769. The lowest BCUT2D eigenvalue weighted by molar-refractivity contribution is 0.312. The minimum absolute atomic E-state index is 0.00157. The van der Waals surface area contributed by atoms with Gasteiger partial charge >= 0.3 is 0 Å². The zero-order chi connectivity index (χ0) is 14.3. The maximum atomic E-state index is 12.3. The predicted molar refractivity (Wildman–Crippen MR) is 74.4 cm³/mol. The summed E-state index contributed by atoms with van der Waals surface area (Å²) in [6.07, 6.45) is 6.19. The van der Waals surface area contributed by atoms with Crippen LogP contribution >= 0.6 is 0 Å². The maximum Gasteiger partial charge on any atom is 0.259 e. The van der Waals surface area contributed by atoms with Gasteiger partial charge in [-0.2, -0.15) is 0 Å². The molecule has 1 aromatic heterocycles. The van der Waals surface area contributed by atoms with E-state index in [0.717, 1.165) is 19.3 Å². The van der Waals surface area contributed by atoms with E-state index in [1.807, 2.05) is 13.8 Å². The number of nitrogens with zero attached hydrogens (tertiary/aromatic N) is 2. The summed E-state index contributed by atoms with van der Waals surface area (Å²) >= 11 is 0. The molecule has 1 heterocycles. The first-order chi connectivity index (χ1) is 8.72. The molecule has 1 fully saturated rings. The molecule has 1 saturated carbocycles. The topological polar surface area (TPSA) is 64.0 Å². The molecule has 19 heavy (non-hydrogen) atoms. The van der Waals surface area contributed by atoms with E-state index in [2.05, 4.69) is 23.6 Å². The number of sulfonamides is 1. The van der Waals surface area contributed by atoms with Gasteiger partial charge in [-0.25, -0.2) is 18.1 Å². The second-order valence-electron chi connectivity index (χ2n) is 6.31. The van der Waals surface area contributed by atoms with Crippen LogP contribution in [0.2, 0.25) is 0 Å². The minimum Gasteiger partial charge on any atom is -0.334 e. The SMILES string of the molecule is CC(C)n1cnc(S(=O)(=O)NC2CCCC2(C)C)c1. The second-order valence-corrected chi connectivity index (χ2v) is 7.97. The third-order valence-corrected chi connectivity index (χ3v) is 5.36. The van der Waals surface area contributed by atoms with Crippen LogP contribution in [0.3, 0.4) is 0 Å². The summed E-state index contributed by atoms with van der Waals surface area (Å²) in [5.74, 6) is 0. The molecule has 1 aliphatic rings. The minimum atomic E-state index is -3.51. The van der Waals surface area contributed by atoms with Crippen molar-refractivity contribution in [1.29, 1.82) is 0 Å². The molecule has 0 radical (unpaired) electrons. The van der Waals surface area contributed by atoms with E-state index in [4.69, 9.17) is 0 Å². The van der Waals surface area contributed by atoms with Crippen molar-refractivity contribution in [3.05, 3.63) is 12.5 Å². The molecule has 0 amide bonds. The molecule has 5 nitrogen and oxygen atoms in total. The smallest absolute Gasteiger partial charge is 0.259 e. The Morgan fingerprint density at radius 1 is 1.47 bits per heavy atom. The van der Waals surface area contributed by atoms with Crippen molar-refractivity contribution >= 4 is 10.0 Å². The van der Waals surface area contributed by atoms with Crippen molar-refractivity contribution in [2.24, 2.45) is 5.41 Å². The Morgan fingerprint density at radius 2 is 2.16 bits per heavy atom. The predicted octanol–water partition coefficient (Wildman–Crippen LogP) is 2.32. The van der Waals surface area contributed by atoms with Crippen molar-refractivity contribution in [3.63, 3.8) is 0 Å². The van der Waals surface area contributed by atoms with Crippen LogP contribution in [0.15, 0.2) is 17.6 Å². The lowest BCUT2D eigenvalue weighted by Gasteiger charge is -2.27. The largest absolute Gasteiger partial charge is 0.334 e. The summed E-state index contributed by atoms with van der Waals surface area (Å²) in [4.78, 5) is 4.01. The van der Waals surface area contributed by atoms with E-state index < -0.39 is 10.0 Å². The average Bonchev–Trinajstić information content (AvgIpc) is 2.86. The normalized spacial score (nSPS) is 23.1. The molecule has 2 rings (SSSR count). The van der Waals surface area contributed by atoms with Gasteiger partial charge in [0.2, 0.25) is 0 Å². The number of hydrogen-bond acceptors (Lipinski definition) is 3. The van der Waals surface area contributed by atoms with E-state index >= 15 is 0 Å². The Balaban J connectivity index is 2.18. The van der Waals surface area contributed by atoms with Crippen molar-refractivity contribution in [2.45, 2.75) is 64.1 Å². The molecule has 6 heteroatoms. The van der Waals surface area contributed by atoms with Gasteiger partial charge in [-0.3, -0.25) is 0 Å². The molecule has 1 atom stereocenters. The molecule has 0 spiro atoms. The third kappa shape index (κ3) is 3.00. The van der Waals surface area contributed by atoms with E-state index in [1.165, 1.54) is 0 Å². The Kier molecular flexibility index (Phi) is 3.75. The number of hydrogen-bond donors (Lipinski definition) is 1. The maximum absolute atomic E-state index is 12.3. The van der Waals surface area contributed by atoms with Crippen LogP contribution in [0.25, 0.3) is 0 Å². The number of rotatable bonds is 4. The van der Waals surface area contributed by atoms with Gasteiger partial charge < -0.3 is 4.57 Å². The lowest BCUT2D eigenvalue weighted by atomic mass is 9.88. The first kappa shape index (κ1) is 14.5. The average molecular weight is 285 g/mol. The molecule has 1 N–H and O–H groups in total. The fourth-order valence-electron chi connectivity index (χ4n) is 2.53. The van der Waals surface area contributed by atoms with Gasteiger partial charge in [0.25, 0.3) is 10.0 Å². The molecular formula is C13H23N3O2S. The van der Waals surface area contributed by atoms with Crippen molar-refractivity contribution in [2.75, 3.05) is 0 Å². The van der Waals surface area contributed by atoms with E-state index in [9.17, 15) is 8.42 Å². The summed E-state index contributed by atoms with van der Waals surface area (Å²) in [7, 11) is -3.51. The van der Waals surface area contributed by atoms with Gasteiger partial charge in [0.1, 0.15) is 0 Å². The van der Waals surface area contributed by atoms with Gasteiger partial charge in [0, 0.05) is 18.3 Å². The lowest BCUT2D eigenvalue weighted by Crippen LogP contribution is -2.41. The summed E-state index contributed by atoms with van der Waals surface area (Å²) in [5, 5.41) is 0.115. The first-order valence-corrected chi connectivity index (χ1v) is 8.26. The zero-order valence-electron chi connectivity index (χ0n) is 12.0. The molecule has 1 unspecified atom stereocenters. The van der Waals surface area contributed by atoms with E-state index in [-0.39, 0.29) is 22.5 Å². The van der Waals surface area contributed by atoms with Crippen molar-refractivity contribution in [1.82, 2.24) is 14.3 Å². The Labute approximate surface area is 115 Å². The Morgan fingerprint density at radius 3 is 2.63 bits per heavy atom. The molecular weight excluding hydrogens is 262 g/mol. The van der Waals surface area contributed by atoms with Crippen LogP contribution in [0.4, 0.5) is 0 Å². The summed E-state index contributed by atoms with van der Waals surface area (Å²) in [6.45, 7) is 8.21. The summed E-state index contributed by atoms with van der Waals surface area (Å²) < 4.78 is 29.3. The van der Waals surface area contributed by atoms with Gasteiger partial charge in [-0.05, 0) is 32.1 Å². The van der Waals surface area contributed by atoms with Crippen LogP contribution in [0.1, 0.15) is 53.0 Å². The van der Waals surface area contributed by atoms with E-state index in [1.54, 1.807) is 17.1 Å². The highest BCUT2D eigenvalue weighted by molar-refractivity contribution is 7.89. The zero-order valence-corrected chi connectivity index (χ0v) is 12.9. The highest BCUT2D eigenvalue weighted by atomic mass is 32.2. The highest BCUT2D eigenvalue weighted by Crippen LogP contribution is 2.37. The Hall–Kier alpha value is -0.880. The Bertz CT molecular complexity index is 546. The quantitative estimate of drug-likeness (QED) is 0.923. The molecule has 0 aromatic carbocycles. The fourth-order valence-corrected chi connectivity index (χ4v) is 3.91. The van der Waals surface area contributed by atoms with Gasteiger partial charge in [-0.15, -0.1) is 0 Å². The summed E-state index contributed by atoms with van der Waals surface area (Å²) in [6, 6.07) is 0.209. The molecule has 108 valence electrons. The molecule has 0 bridgehead atoms. The molecule has 0 saturated heterocycles. The number of imidazole rings is 1. The van der Waals surface area contributed by atoms with Crippen LogP contribution in [-0.2, 0) is 10.0 Å². The van der Waals surface area contributed by atoms with E-state index in [0.29, 0.717) is 0 Å². The molecule has 1 aromatic rings. The van der Waals surface area contributed by atoms with Crippen LogP contribution in [0, 0.1) is 5.41 Å². The molecule has 1 aliphatic carbocycles. The number of aromatic nitrogens is 2. The molecule has 0 aliphatic heterocycles. The van der Waals surface area contributed by atoms with Gasteiger partial charge in [-0.1, -0.05) is 20.3 Å². The highest BCUT2D eigenvalue weighted by Gasteiger charge is 2.37. The van der Waals surface area contributed by atoms with Crippen molar-refractivity contribution in [3.8, 4) is 0 Å². The summed E-state index contributed by atoms with van der Waals surface area (Å²) in [5.41, 5.74) is 0.0215. The number of nitrogens with one attached hydrogen (secondary N) is 1. The van der Waals surface area contributed by atoms with Crippen molar-refractivity contribution < 1.29 is 8.42 Å². The van der Waals surface area contributed by atoms with Crippen LogP contribution < -0.4 is 4.72 Å². The van der Waals surface area contributed by atoms with Gasteiger partial charge in [0.05, 0.1) is 6.33 Å². The first-order valence-electron chi connectivity index (χ1n) is 6.78. The van der Waals surface area contributed by atoms with Crippen LogP contribution in [0.5, 0.6) is 0 Å². The third-order valence-electron chi connectivity index (χ3n) is 4.00. The standard InChI is InChI=1S/C13H23N3O2S/c1-10(2)16-8-12(14-9-16)19(17,18)15-11-6-5-7-13(11,3)4/h8-11,15H,5-7H2,1-4H3.